The minimum atomic E-state index is -1.54. The van der Waals surface area contributed by atoms with Crippen LogP contribution in [0.1, 0.15) is 11.6 Å². The van der Waals surface area contributed by atoms with Crippen LogP contribution in [0.5, 0.6) is 0 Å². The third kappa shape index (κ3) is 3.97. The summed E-state index contributed by atoms with van der Waals surface area (Å²) in [6.45, 7) is 1.60. The average molecular weight is 335 g/mol. The fourth-order valence-corrected chi connectivity index (χ4v) is 2.17. The Morgan fingerprint density at radius 3 is 2.20 bits per heavy atom. The molecule has 2 nitrogen and oxygen atoms in total. The molecule has 1 aromatic carbocycles. The van der Waals surface area contributed by atoms with Crippen molar-refractivity contribution in [1.29, 1.82) is 0 Å². The van der Waals surface area contributed by atoms with Crippen molar-refractivity contribution in [2.75, 3.05) is 32.9 Å². The average Bonchev–Trinajstić information content (AvgIpc) is 2.41. The standard InChI is InChI=1S/C12H14F4N2.2ClH/c13-7-10(18-5-3-17-4-6-18)8-1-2-9(14)12(16)11(8)15;;/h1-2,10,17H,3-7H2;2*1H/t10-;;/m1../s1. The Bertz CT molecular complexity index is 428. The topological polar surface area (TPSA) is 15.3 Å². The van der Waals surface area contributed by atoms with Gasteiger partial charge in [0.1, 0.15) is 6.67 Å². The van der Waals surface area contributed by atoms with Crippen molar-refractivity contribution in [2.24, 2.45) is 0 Å². The number of hydrogen-bond acceptors (Lipinski definition) is 2. The van der Waals surface area contributed by atoms with Crippen LogP contribution in [0.4, 0.5) is 17.6 Å². The van der Waals surface area contributed by atoms with E-state index in [0.717, 1.165) is 12.1 Å². The van der Waals surface area contributed by atoms with Crippen LogP contribution in [-0.2, 0) is 0 Å². The molecule has 0 unspecified atom stereocenters. The lowest BCUT2D eigenvalue weighted by Gasteiger charge is -2.33. The number of rotatable bonds is 3. The minimum absolute atomic E-state index is 0. The highest BCUT2D eigenvalue weighted by molar-refractivity contribution is 5.85. The van der Waals surface area contributed by atoms with Crippen LogP contribution in [0.25, 0.3) is 0 Å². The van der Waals surface area contributed by atoms with E-state index in [2.05, 4.69) is 5.32 Å². The molecule has 0 saturated carbocycles. The summed E-state index contributed by atoms with van der Waals surface area (Å²) < 4.78 is 52.7. The summed E-state index contributed by atoms with van der Waals surface area (Å²) in [4.78, 5) is 1.73. The number of piperazine rings is 1. The first-order valence-electron chi connectivity index (χ1n) is 5.79. The van der Waals surface area contributed by atoms with E-state index in [1.807, 2.05) is 0 Å². The molecular weight excluding hydrogens is 319 g/mol. The molecule has 8 heteroatoms. The van der Waals surface area contributed by atoms with Gasteiger partial charge in [0.2, 0.25) is 0 Å². The van der Waals surface area contributed by atoms with Crippen LogP contribution >= 0.6 is 24.8 Å². The van der Waals surface area contributed by atoms with E-state index in [0.29, 0.717) is 26.2 Å². The van der Waals surface area contributed by atoms with Crippen LogP contribution < -0.4 is 5.32 Å². The van der Waals surface area contributed by atoms with Crippen LogP contribution in [-0.4, -0.2) is 37.8 Å². The van der Waals surface area contributed by atoms with Gasteiger partial charge in [0.15, 0.2) is 17.5 Å². The highest BCUT2D eigenvalue weighted by Crippen LogP contribution is 2.26. The maximum atomic E-state index is 13.6. The zero-order chi connectivity index (χ0) is 13.1. The third-order valence-electron chi connectivity index (χ3n) is 3.16. The molecule has 1 atom stereocenters. The molecule has 2 rings (SSSR count). The molecule has 0 aliphatic carbocycles. The lowest BCUT2D eigenvalue weighted by Crippen LogP contribution is -2.46. The van der Waals surface area contributed by atoms with Crippen molar-refractivity contribution in [3.63, 3.8) is 0 Å². The van der Waals surface area contributed by atoms with Crippen LogP contribution in [0.2, 0.25) is 0 Å². The van der Waals surface area contributed by atoms with Crippen molar-refractivity contribution >= 4 is 24.8 Å². The van der Waals surface area contributed by atoms with E-state index >= 15 is 0 Å². The van der Waals surface area contributed by atoms with Crippen LogP contribution in [0.15, 0.2) is 12.1 Å². The van der Waals surface area contributed by atoms with Crippen molar-refractivity contribution in [3.05, 3.63) is 35.1 Å². The fraction of sp³-hybridized carbons (Fsp3) is 0.500. The Morgan fingerprint density at radius 2 is 1.65 bits per heavy atom. The zero-order valence-electron chi connectivity index (χ0n) is 10.5. The molecule has 0 radical (unpaired) electrons. The molecule has 1 aromatic rings. The summed E-state index contributed by atoms with van der Waals surface area (Å²) in [7, 11) is 0. The second kappa shape index (κ2) is 8.67. The second-order valence-corrected chi connectivity index (χ2v) is 4.22. The Labute approximate surface area is 127 Å². The summed E-state index contributed by atoms with van der Waals surface area (Å²) in [6, 6.07) is 1.08. The van der Waals surface area contributed by atoms with E-state index < -0.39 is 30.2 Å². The number of nitrogens with one attached hydrogen (secondary N) is 1. The molecule has 1 aliphatic rings. The van der Waals surface area contributed by atoms with Gasteiger partial charge in [-0.05, 0) is 6.07 Å². The Kier molecular flexibility index (Phi) is 8.42. The molecule has 1 saturated heterocycles. The van der Waals surface area contributed by atoms with Crippen molar-refractivity contribution in [1.82, 2.24) is 10.2 Å². The zero-order valence-corrected chi connectivity index (χ0v) is 12.2. The quantitative estimate of drug-likeness (QED) is 0.675. The number of benzene rings is 1. The van der Waals surface area contributed by atoms with Gasteiger partial charge in [-0.2, -0.15) is 0 Å². The number of halogens is 6. The largest absolute Gasteiger partial charge is 0.314 e. The maximum Gasteiger partial charge on any atom is 0.194 e. The molecule has 1 aliphatic heterocycles. The molecule has 1 N–H and O–H groups in total. The van der Waals surface area contributed by atoms with Gasteiger partial charge in [-0.3, -0.25) is 4.90 Å². The first kappa shape index (κ1) is 19.4. The van der Waals surface area contributed by atoms with Gasteiger partial charge < -0.3 is 5.32 Å². The molecular formula is C12H16Cl2F4N2. The monoisotopic (exact) mass is 334 g/mol. The predicted molar refractivity (Wildman–Crippen MR) is 74.0 cm³/mol. The third-order valence-corrected chi connectivity index (χ3v) is 3.16. The van der Waals surface area contributed by atoms with Gasteiger partial charge >= 0.3 is 0 Å². The van der Waals surface area contributed by atoms with E-state index in [1.54, 1.807) is 4.90 Å². The maximum absolute atomic E-state index is 13.6. The Morgan fingerprint density at radius 1 is 1.05 bits per heavy atom. The molecule has 1 heterocycles. The normalized spacial score (nSPS) is 17.0. The summed E-state index contributed by atoms with van der Waals surface area (Å²) in [5.41, 5.74) is -0.127. The van der Waals surface area contributed by atoms with Gasteiger partial charge in [0.25, 0.3) is 0 Å². The van der Waals surface area contributed by atoms with Gasteiger partial charge in [0, 0.05) is 31.7 Å². The van der Waals surface area contributed by atoms with Crippen LogP contribution in [0, 0.1) is 17.5 Å². The lowest BCUT2D eigenvalue weighted by atomic mass is 10.0. The minimum Gasteiger partial charge on any atom is -0.314 e. The molecule has 20 heavy (non-hydrogen) atoms. The van der Waals surface area contributed by atoms with Crippen molar-refractivity contribution in [2.45, 2.75) is 6.04 Å². The fourth-order valence-electron chi connectivity index (χ4n) is 2.17. The van der Waals surface area contributed by atoms with E-state index in [4.69, 9.17) is 0 Å². The summed E-state index contributed by atoms with van der Waals surface area (Å²) in [5, 5.41) is 3.09. The van der Waals surface area contributed by atoms with Gasteiger partial charge in [-0.1, -0.05) is 6.07 Å². The van der Waals surface area contributed by atoms with E-state index in [-0.39, 0.29) is 30.4 Å². The predicted octanol–water partition coefficient (Wildman–Crippen LogP) is 2.86. The van der Waals surface area contributed by atoms with Crippen molar-refractivity contribution in [3.8, 4) is 0 Å². The van der Waals surface area contributed by atoms with E-state index in [9.17, 15) is 17.6 Å². The lowest BCUT2D eigenvalue weighted by molar-refractivity contribution is 0.143. The molecule has 0 spiro atoms. The van der Waals surface area contributed by atoms with Crippen LogP contribution in [0.3, 0.4) is 0 Å². The van der Waals surface area contributed by atoms with Crippen molar-refractivity contribution < 1.29 is 17.6 Å². The first-order chi connectivity index (χ1) is 8.65. The SMILES string of the molecule is Cl.Cl.FC[C@H](c1ccc(F)c(F)c1F)N1CCNCC1. The summed E-state index contributed by atoms with van der Waals surface area (Å²) in [6.07, 6.45) is 0. The number of hydrogen-bond donors (Lipinski definition) is 1. The highest BCUT2D eigenvalue weighted by atomic mass is 35.5. The number of nitrogens with zero attached hydrogens (tertiary/aromatic N) is 1. The second-order valence-electron chi connectivity index (χ2n) is 4.22. The molecule has 1 fully saturated rings. The van der Waals surface area contributed by atoms with Gasteiger partial charge in [-0.15, -0.1) is 24.8 Å². The Hall–Kier alpha value is -0.560. The molecule has 0 aromatic heterocycles. The highest BCUT2D eigenvalue weighted by Gasteiger charge is 2.26. The van der Waals surface area contributed by atoms with Gasteiger partial charge in [0.05, 0.1) is 6.04 Å². The van der Waals surface area contributed by atoms with E-state index in [1.165, 1.54) is 0 Å². The summed E-state index contributed by atoms with van der Waals surface area (Å²) >= 11 is 0. The Balaban J connectivity index is 0.00000180. The molecule has 0 amide bonds. The van der Waals surface area contributed by atoms with Gasteiger partial charge in [-0.25, -0.2) is 17.6 Å². The molecule has 116 valence electrons. The number of alkyl halides is 1. The molecule has 0 bridgehead atoms. The smallest absolute Gasteiger partial charge is 0.194 e. The first-order valence-corrected chi connectivity index (χ1v) is 5.79. The summed E-state index contributed by atoms with van der Waals surface area (Å²) in [5.74, 6) is -4.09.